The zero-order valence-corrected chi connectivity index (χ0v) is 16.1. The molecular formula is C25H23N3O. The van der Waals surface area contributed by atoms with Gasteiger partial charge in [0, 0.05) is 17.7 Å². The number of aromatic nitrogens is 2. The Kier molecular flexibility index (Phi) is 4.60. The monoisotopic (exact) mass is 381 g/mol. The first-order valence-corrected chi connectivity index (χ1v) is 10.1. The normalized spacial score (nSPS) is 18.3. The van der Waals surface area contributed by atoms with Crippen molar-refractivity contribution in [3.05, 3.63) is 95.7 Å². The van der Waals surface area contributed by atoms with Gasteiger partial charge in [-0.1, -0.05) is 72.8 Å². The number of fused-ring (bicyclic) bond motifs is 1. The molecule has 29 heavy (non-hydrogen) atoms. The topological polar surface area (TPSA) is 57.8 Å². The average molecular weight is 381 g/mol. The summed E-state index contributed by atoms with van der Waals surface area (Å²) in [5.74, 6) is 1.66. The Morgan fingerprint density at radius 3 is 2.55 bits per heavy atom. The van der Waals surface area contributed by atoms with Gasteiger partial charge in [0.25, 0.3) is 0 Å². The minimum Gasteiger partial charge on any atom is -0.309 e. The van der Waals surface area contributed by atoms with Crippen molar-refractivity contribution in [3.8, 4) is 0 Å². The van der Waals surface area contributed by atoms with Crippen molar-refractivity contribution >= 4 is 22.5 Å². The van der Waals surface area contributed by atoms with Gasteiger partial charge in [0.1, 0.15) is 0 Å². The van der Waals surface area contributed by atoms with Crippen molar-refractivity contribution in [2.24, 2.45) is 0 Å². The van der Waals surface area contributed by atoms with E-state index in [4.69, 9.17) is 0 Å². The van der Waals surface area contributed by atoms with E-state index in [-0.39, 0.29) is 5.91 Å². The molecule has 0 aliphatic heterocycles. The van der Waals surface area contributed by atoms with Crippen LogP contribution in [0.25, 0.3) is 10.8 Å². The Labute approximate surface area is 170 Å². The van der Waals surface area contributed by atoms with Gasteiger partial charge < -0.3 is 5.32 Å². The highest BCUT2D eigenvalue weighted by Gasteiger charge is 2.32. The van der Waals surface area contributed by atoms with Gasteiger partial charge in [-0.15, -0.1) is 0 Å². The summed E-state index contributed by atoms with van der Waals surface area (Å²) in [7, 11) is 0. The van der Waals surface area contributed by atoms with Crippen LogP contribution in [0, 0.1) is 0 Å². The highest BCUT2D eigenvalue weighted by atomic mass is 16.1. The number of amides is 1. The van der Waals surface area contributed by atoms with Crippen LogP contribution in [0.1, 0.15) is 41.5 Å². The number of carbonyl (C=O) groups is 1. The third-order valence-corrected chi connectivity index (χ3v) is 5.94. The number of aromatic amines is 1. The highest BCUT2D eigenvalue weighted by Crippen LogP contribution is 2.47. The summed E-state index contributed by atoms with van der Waals surface area (Å²) < 4.78 is 0. The molecule has 1 amide bonds. The first-order chi connectivity index (χ1) is 14.3. The number of H-pyrrole nitrogens is 1. The number of nitrogens with zero attached hydrogens (tertiary/aromatic N) is 1. The third kappa shape index (κ3) is 3.66. The van der Waals surface area contributed by atoms with Crippen LogP contribution in [-0.4, -0.2) is 16.1 Å². The fraction of sp³-hybridized carbons (Fsp3) is 0.200. The van der Waals surface area contributed by atoms with Gasteiger partial charge in [-0.3, -0.25) is 9.89 Å². The maximum absolute atomic E-state index is 12.6. The lowest BCUT2D eigenvalue weighted by molar-refractivity contribution is -0.115. The van der Waals surface area contributed by atoms with Crippen molar-refractivity contribution in [1.82, 2.24) is 10.2 Å². The van der Waals surface area contributed by atoms with Gasteiger partial charge in [0.2, 0.25) is 5.91 Å². The number of nitrogens with one attached hydrogen (secondary N) is 2. The molecule has 0 bridgehead atoms. The molecule has 1 saturated carbocycles. The summed E-state index contributed by atoms with van der Waals surface area (Å²) in [6, 6.07) is 26.9. The molecule has 5 rings (SSSR count). The van der Waals surface area contributed by atoms with Crippen LogP contribution in [0.4, 0.5) is 5.82 Å². The fourth-order valence-electron chi connectivity index (χ4n) is 4.29. The molecule has 4 nitrogen and oxygen atoms in total. The van der Waals surface area contributed by atoms with E-state index in [1.165, 1.54) is 5.56 Å². The molecule has 0 unspecified atom stereocenters. The van der Waals surface area contributed by atoms with E-state index in [9.17, 15) is 4.79 Å². The van der Waals surface area contributed by atoms with E-state index in [2.05, 4.69) is 64.0 Å². The quantitative estimate of drug-likeness (QED) is 0.486. The molecule has 2 N–H and O–H groups in total. The number of rotatable bonds is 5. The molecule has 3 aromatic carbocycles. The van der Waals surface area contributed by atoms with Gasteiger partial charge in [-0.05, 0) is 40.7 Å². The summed E-state index contributed by atoms with van der Waals surface area (Å²) in [6.45, 7) is 0. The van der Waals surface area contributed by atoms with Crippen LogP contribution in [0.3, 0.4) is 0 Å². The second-order valence-corrected chi connectivity index (χ2v) is 7.85. The number of carbonyl (C=O) groups excluding carboxylic acids is 1. The van der Waals surface area contributed by atoms with E-state index < -0.39 is 0 Å². The van der Waals surface area contributed by atoms with Crippen LogP contribution in [0.5, 0.6) is 0 Å². The maximum Gasteiger partial charge on any atom is 0.230 e. The minimum atomic E-state index is -0.0461. The molecule has 0 radical (unpaired) electrons. The van der Waals surface area contributed by atoms with Gasteiger partial charge in [0.05, 0.1) is 6.42 Å². The lowest BCUT2D eigenvalue weighted by atomic mass is 9.70. The summed E-state index contributed by atoms with van der Waals surface area (Å²) in [4.78, 5) is 12.6. The Balaban J connectivity index is 1.21. The van der Waals surface area contributed by atoms with Crippen LogP contribution in [-0.2, 0) is 11.2 Å². The summed E-state index contributed by atoms with van der Waals surface area (Å²) in [6.07, 6.45) is 2.58. The van der Waals surface area contributed by atoms with E-state index in [0.29, 0.717) is 24.1 Å². The van der Waals surface area contributed by atoms with Crippen LogP contribution >= 0.6 is 0 Å². The number of hydrogen-bond donors (Lipinski definition) is 2. The molecule has 1 aliphatic carbocycles. The largest absolute Gasteiger partial charge is 0.309 e. The van der Waals surface area contributed by atoms with E-state index >= 15 is 0 Å². The number of hydrogen-bond acceptors (Lipinski definition) is 2. The predicted octanol–water partition coefficient (Wildman–Crippen LogP) is 5.41. The Bertz CT molecular complexity index is 1140. The number of benzene rings is 3. The van der Waals surface area contributed by atoms with E-state index in [0.717, 1.165) is 34.9 Å². The van der Waals surface area contributed by atoms with Crippen molar-refractivity contribution in [2.75, 3.05) is 5.32 Å². The molecular weight excluding hydrogens is 358 g/mol. The Hall–Kier alpha value is -3.40. The lowest BCUT2D eigenvalue weighted by Crippen LogP contribution is -2.20. The van der Waals surface area contributed by atoms with Crippen molar-refractivity contribution in [1.29, 1.82) is 0 Å². The van der Waals surface area contributed by atoms with Crippen molar-refractivity contribution in [3.63, 3.8) is 0 Å². The third-order valence-electron chi connectivity index (χ3n) is 5.94. The zero-order valence-electron chi connectivity index (χ0n) is 16.1. The summed E-state index contributed by atoms with van der Waals surface area (Å²) >= 11 is 0. The summed E-state index contributed by atoms with van der Waals surface area (Å²) in [5, 5.41) is 12.6. The minimum absolute atomic E-state index is 0.0461. The predicted molar refractivity (Wildman–Crippen MR) is 116 cm³/mol. The van der Waals surface area contributed by atoms with Gasteiger partial charge in [0.15, 0.2) is 5.82 Å². The molecule has 1 aromatic heterocycles. The zero-order chi connectivity index (χ0) is 19.6. The SMILES string of the molecule is O=C(Cc1cccc2ccccc12)Nc1cc(C2CC(c3ccccc3)C2)[nH]n1. The Morgan fingerprint density at radius 1 is 0.931 bits per heavy atom. The highest BCUT2D eigenvalue weighted by molar-refractivity contribution is 5.95. The molecule has 0 saturated heterocycles. The van der Waals surface area contributed by atoms with Gasteiger partial charge >= 0.3 is 0 Å². The molecule has 1 aliphatic rings. The average Bonchev–Trinajstić information content (AvgIpc) is 3.16. The maximum atomic E-state index is 12.6. The van der Waals surface area contributed by atoms with Gasteiger partial charge in [-0.2, -0.15) is 5.10 Å². The van der Waals surface area contributed by atoms with E-state index in [1.54, 1.807) is 0 Å². The number of anilines is 1. The standard InChI is InChI=1S/C25H23N3O/c29-25(15-19-11-6-10-18-9-4-5-12-22(18)19)26-24-16-23(27-28-24)21-13-20(14-21)17-7-2-1-3-8-17/h1-12,16,20-21H,13-15H2,(H2,26,27,28,29). The van der Waals surface area contributed by atoms with Crippen molar-refractivity contribution in [2.45, 2.75) is 31.1 Å². The van der Waals surface area contributed by atoms with Crippen LogP contribution in [0.2, 0.25) is 0 Å². The molecule has 144 valence electrons. The first-order valence-electron chi connectivity index (χ1n) is 10.1. The summed E-state index contributed by atoms with van der Waals surface area (Å²) in [5.41, 5.74) is 3.55. The molecule has 0 spiro atoms. The molecule has 0 atom stereocenters. The fourth-order valence-corrected chi connectivity index (χ4v) is 4.29. The molecule has 1 heterocycles. The first kappa shape index (κ1) is 17.7. The van der Waals surface area contributed by atoms with Crippen LogP contribution in [0.15, 0.2) is 78.9 Å². The second kappa shape index (κ2) is 7.55. The van der Waals surface area contributed by atoms with Crippen LogP contribution < -0.4 is 5.32 Å². The second-order valence-electron chi connectivity index (χ2n) is 7.85. The molecule has 4 heteroatoms. The van der Waals surface area contributed by atoms with Crippen molar-refractivity contribution < 1.29 is 4.79 Å². The van der Waals surface area contributed by atoms with E-state index in [1.807, 2.05) is 30.3 Å². The Morgan fingerprint density at radius 2 is 1.69 bits per heavy atom. The molecule has 4 aromatic rings. The molecule has 1 fully saturated rings. The smallest absolute Gasteiger partial charge is 0.230 e. The van der Waals surface area contributed by atoms with Gasteiger partial charge in [-0.25, -0.2) is 0 Å². The lowest BCUT2D eigenvalue weighted by Gasteiger charge is -2.34.